The molecular formula is C17H16N2O4. The molecule has 0 fully saturated rings. The maximum atomic E-state index is 11.3. The summed E-state index contributed by atoms with van der Waals surface area (Å²) < 4.78 is 10.8. The number of primary amides is 1. The number of nitrogens with two attached hydrogens (primary N) is 1. The first-order valence-corrected chi connectivity index (χ1v) is 6.77. The van der Waals surface area contributed by atoms with Crippen molar-refractivity contribution in [3.8, 4) is 17.2 Å². The first-order chi connectivity index (χ1) is 11.1. The Morgan fingerprint density at radius 2 is 1.48 bits per heavy atom. The summed E-state index contributed by atoms with van der Waals surface area (Å²) in [6.45, 7) is 0. The molecule has 2 aromatic rings. The van der Waals surface area contributed by atoms with Crippen LogP contribution in [0.5, 0.6) is 17.2 Å². The molecule has 0 spiro atoms. The molecule has 0 aromatic heterocycles. The predicted molar refractivity (Wildman–Crippen MR) is 86.3 cm³/mol. The van der Waals surface area contributed by atoms with Crippen LogP contribution < -0.4 is 20.5 Å². The SMILES string of the molecule is COc1ccc(Oc2ccc(/C=C/C(=O)NC(N)=O)cc2)cc1. The summed E-state index contributed by atoms with van der Waals surface area (Å²) >= 11 is 0. The van der Waals surface area contributed by atoms with Gasteiger partial charge in [-0.05, 0) is 48.0 Å². The standard InChI is InChI=1S/C17H16N2O4/c1-22-13-7-9-15(10-8-13)23-14-5-2-12(3-6-14)4-11-16(20)19-17(18)21/h2-11H,1H3,(H3,18,19,20,21)/b11-4+. The van der Waals surface area contributed by atoms with Gasteiger partial charge in [0, 0.05) is 6.08 Å². The van der Waals surface area contributed by atoms with E-state index in [1.54, 1.807) is 49.6 Å². The largest absolute Gasteiger partial charge is 0.497 e. The van der Waals surface area contributed by atoms with Crippen molar-refractivity contribution in [1.29, 1.82) is 0 Å². The Balaban J connectivity index is 1.97. The number of hydrogen-bond donors (Lipinski definition) is 2. The monoisotopic (exact) mass is 312 g/mol. The van der Waals surface area contributed by atoms with Gasteiger partial charge in [0.25, 0.3) is 5.91 Å². The summed E-state index contributed by atoms with van der Waals surface area (Å²) in [7, 11) is 1.60. The second kappa shape index (κ2) is 7.65. The van der Waals surface area contributed by atoms with Crippen molar-refractivity contribution in [3.63, 3.8) is 0 Å². The molecule has 0 bridgehead atoms. The summed E-state index contributed by atoms with van der Waals surface area (Å²) in [4.78, 5) is 21.8. The number of carbonyl (C=O) groups is 2. The van der Waals surface area contributed by atoms with E-state index >= 15 is 0 Å². The molecule has 0 unspecified atom stereocenters. The van der Waals surface area contributed by atoms with E-state index in [9.17, 15) is 9.59 Å². The Hall–Kier alpha value is -3.28. The number of nitrogens with one attached hydrogen (secondary N) is 1. The molecule has 3 amide bonds. The molecule has 3 N–H and O–H groups in total. The summed E-state index contributed by atoms with van der Waals surface area (Å²) in [6, 6.07) is 13.5. The van der Waals surface area contributed by atoms with Crippen LogP contribution in [-0.4, -0.2) is 19.0 Å². The zero-order valence-corrected chi connectivity index (χ0v) is 12.5. The van der Waals surface area contributed by atoms with Crippen molar-refractivity contribution in [2.24, 2.45) is 5.73 Å². The van der Waals surface area contributed by atoms with Gasteiger partial charge in [0.1, 0.15) is 17.2 Å². The highest BCUT2D eigenvalue weighted by Crippen LogP contribution is 2.24. The van der Waals surface area contributed by atoms with Crippen molar-refractivity contribution in [1.82, 2.24) is 5.32 Å². The van der Waals surface area contributed by atoms with Gasteiger partial charge >= 0.3 is 6.03 Å². The van der Waals surface area contributed by atoms with E-state index in [1.807, 2.05) is 17.4 Å². The van der Waals surface area contributed by atoms with E-state index in [0.29, 0.717) is 11.5 Å². The zero-order valence-electron chi connectivity index (χ0n) is 12.5. The molecule has 0 saturated carbocycles. The fraction of sp³-hybridized carbons (Fsp3) is 0.0588. The van der Waals surface area contributed by atoms with Crippen LogP contribution in [0.4, 0.5) is 4.79 Å². The second-order valence-corrected chi connectivity index (χ2v) is 4.53. The van der Waals surface area contributed by atoms with Crippen LogP contribution >= 0.6 is 0 Å². The molecule has 118 valence electrons. The van der Waals surface area contributed by atoms with Gasteiger partial charge in [-0.25, -0.2) is 4.79 Å². The second-order valence-electron chi connectivity index (χ2n) is 4.53. The first-order valence-electron chi connectivity index (χ1n) is 6.77. The highest BCUT2D eigenvalue weighted by Gasteiger charge is 2.00. The average Bonchev–Trinajstić information content (AvgIpc) is 2.54. The van der Waals surface area contributed by atoms with Crippen LogP contribution in [0.3, 0.4) is 0 Å². The van der Waals surface area contributed by atoms with Crippen molar-refractivity contribution in [2.75, 3.05) is 7.11 Å². The smallest absolute Gasteiger partial charge is 0.319 e. The molecule has 6 heteroatoms. The van der Waals surface area contributed by atoms with E-state index < -0.39 is 11.9 Å². The van der Waals surface area contributed by atoms with Crippen molar-refractivity contribution in [3.05, 3.63) is 60.2 Å². The molecule has 2 rings (SSSR count). The Bertz CT molecular complexity index is 706. The van der Waals surface area contributed by atoms with Gasteiger partial charge in [-0.2, -0.15) is 0 Å². The zero-order chi connectivity index (χ0) is 16.7. The normalized spacial score (nSPS) is 10.3. The third-order valence-corrected chi connectivity index (χ3v) is 2.85. The Morgan fingerprint density at radius 1 is 0.957 bits per heavy atom. The minimum atomic E-state index is -0.886. The van der Waals surface area contributed by atoms with E-state index in [1.165, 1.54) is 6.08 Å². The number of ether oxygens (including phenoxy) is 2. The molecule has 6 nitrogen and oxygen atoms in total. The van der Waals surface area contributed by atoms with Crippen LogP contribution in [0.15, 0.2) is 54.6 Å². The maximum Gasteiger partial charge on any atom is 0.319 e. The minimum Gasteiger partial charge on any atom is -0.497 e. The number of methoxy groups -OCH3 is 1. The van der Waals surface area contributed by atoms with Crippen molar-refractivity contribution >= 4 is 18.0 Å². The molecule has 0 heterocycles. The number of benzene rings is 2. The van der Waals surface area contributed by atoms with Gasteiger partial charge in [0.05, 0.1) is 7.11 Å². The number of rotatable bonds is 5. The van der Waals surface area contributed by atoms with Gasteiger partial charge in [-0.1, -0.05) is 12.1 Å². The molecule has 0 saturated heterocycles. The molecule has 0 aliphatic heterocycles. The van der Waals surface area contributed by atoms with Gasteiger partial charge in [0.15, 0.2) is 0 Å². The van der Waals surface area contributed by atoms with Crippen LogP contribution in [0.25, 0.3) is 6.08 Å². The summed E-state index contributed by atoms with van der Waals surface area (Å²) in [6.07, 6.45) is 2.79. The Kier molecular flexibility index (Phi) is 5.35. The van der Waals surface area contributed by atoms with E-state index in [2.05, 4.69) is 0 Å². The fourth-order valence-corrected chi connectivity index (χ4v) is 1.76. The van der Waals surface area contributed by atoms with E-state index in [4.69, 9.17) is 15.2 Å². The maximum absolute atomic E-state index is 11.3. The number of carbonyl (C=O) groups excluding carboxylic acids is 2. The summed E-state index contributed by atoms with van der Waals surface area (Å²) in [5, 5.41) is 1.94. The third-order valence-electron chi connectivity index (χ3n) is 2.85. The van der Waals surface area contributed by atoms with Gasteiger partial charge in [-0.15, -0.1) is 0 Å². The quantitative estimate of drug-likeness (QED) is 0.830. The summed E-state index contributed by atoms with van der Waals surface area (Å²) in [5.74, 6) is 1.53. The molecule has 0 radical (unpaired) electrons. The van der Waals surface area contributed by atoms with Gasteiger partial charge < -0.3 is 15.2 Å². The molecule has 0 atom stereocenters. The number of imide groups is 1. The molecule has 0 aliphatic rings. The summed E-state index contributed by atoms with van der Waals surface area (Å²) in [5.41, 5.74) is 5.63. The van der Waals surface area contributed by atoms with Crippen LogP contribution in [-0.2, 0) is 4.79 Å². The lowest BCUT2D eigenvalue weighted by Gasteiger charge is -2.06. The lowest BCUT2D eigenvalue weighted by Crippen LogP contribution is -2.33. The fourth-order valence-electron chi connectivity index (χ4n) is 1.76. The van der Waals surface area contributed by atoms with Gasteiger partial charge in [-0.3, -0.25) is 10.1 Å². The Morgan fingerprint density at radius 3 is 2.00 bits per heavy atom. The number of urea groups is 1. The number of amides is 3. The highest BCUT2D eigenvalue weighted by molar-refractivity contribution is 6.01. The van der Waals surface area contributed by atoms with E-state index in [-0.39, 0.29) is 0 Å². The predicted octanol–water partition coefficient (Wildman–Crippen LogP) is 2.70. The minimum absolute atomic E-state index is 0.573. The van der Waals surface area contributed by atoms with Crippen molar-refractivity contribution in [2.45, 2.75) is 0 Å². The van der Waals surface area contributed by atoms with Crippen LogP contribution in [0.1, 0.15) is 5.56 Å². The lowest BCUT2D eigenvalue weighted by atomic mass is 10.2. The molecular weight excluding hydrogens is 296 g/mol. The van der Waals surface area contributed by atoms with Crippen LogP contribution in [0, 0.1) is 0 Å². The third kappa shape index (κ3) is 5.20. The van der Waals surface area contributed by atoms with Crippen LogP contribution in [0.2, 0.25) is 0 Å². The molecule has 23 heavy (non-hydrogen) atoms. The van der Waals surface area contributed by atoms with Gasteiger partial charge in [0.2, 0.25) is 0 Å². The van der Waals surface area contributed by atoms with Crippen molar-refractivity contribution < 1.29 is 19.1 Å². The lowest BCUT2D eigenvalue weighted by molar-refractivity contribution is -0.115. The molecule has 2 aromatic carbocycles. The first kappa shape index (κ1) is 16.1. The Labute approximate surface area is 133 Å². The molecule has 0 aliphatic carbocycles. The van der Waals surface area contributed by atoms with E-state index in [0.717, 1.165) is 11.3 Å². The topological polar surface area (TPSA) is 90.7 Å². The number of hydrogen-bond acceptors (Lipinski definition) is 4. The average molecular weight is 312 g/mol. The highest BCUT2D eigenvalue weighted by atomic mass is 16.5.